The van der Waals surface area contributed by atoms with Crippen LogP contribution in [0.1, 0.15) is 12.0 Å². The Kier molecular flexibility index (Phi) is 2.00. The van der Waals surface area contributed by atoms with Gasteiger partial charge >= 0.3 is 0 Å². The average molecular weight is 164 g/mol. The van der Waals surface area contributed by atoms with Gasteiger partial charge in [0.05, 0.1) is 0 Å². The van der Waals surface area contributed by atoms with Gasteiger partial charge in [-0.25, -0.2) is 0 Å². The van der Waals surface area contributed by atoms with E-state index >= 15 is 0 Å². The Morgan fingerprint density at radius 3 is 3.08 bits per heavy atom. The van der Waals surface area contributed by atoms with E-state index < -0.39 is 0 Å². The summed E-state index contributed by atoms with van der Waals surface area (Å²) in [6.07, 6.45) is 2.58. The molecule has 0 aliphatic carbocycles. The molecule has 1 unspecified atom stereocenters. The second kappa shape index (κ2) is 3.15. The monoisotopic (exact) mass is 164 g/mol. The van der Waals surface area contributed by atoms with Crippen molar-refractivity contribution in [3.63, 3.8) is 0 Å². The van der Waals surface area contributed by atoms with E-state index in [2.05, 4.69) is 17.9 Å². The highest BCUT2D eigenvalue weighted by molar-refractivity contribution is 5.34. The quantitative estimate of drug-likeness (QED) is 0.649. The zero-order valence-electron chi connectivity index (χ0n) is 7.12. The molecule has 0 bridgehead atoms. The number of hydrogen-bond donors (Lipinski definition) is 1. The predicted octanol–water partition coefficient (Wildman–Crippen LogP) is 0.622. The molecule has 1 aromatic rings. The molecule has 2 nitrogen and oxygen atoms in total. The van der Waals surface area contributed by atoms with Gasteiger partial charge in [-0.1, -0.05) is 18.2 Å². The van der Waals surface area contributed by atoms with Crippen molar-refractivity contribution in [1.82, 2.24) is 0 Å². The summed E-state index contributed by atoms with van der Waals surface area (Å²) in [7, 11) is 0. The number of ether oxygens (including phenoxy) is 1. The Labute approximate surface area is 72.3 Å². The molecule has 0 spiro atoms. The summed E-state index contributed by atoms with van der Waals surface area (Å²) in [5.41, 5.74) is 5.19. The van der Waals surface area contributed by atoms with Gasteiger partial charge in [0.25, 0.3) is 0 Å². The third-order valence-electron chi connectivity index (χ3n) is 2.32. The van der Waals surface area contributed by atoms with E-state index in [1.807, 2.05) is 12.1 Å². The molecule has 1 aliphatic rings. The number of quaternary nitrogens is 1. The van der Waals surface area contributed by atoms with Gasteiger partial charge in [-0.2, -0.15) is 0 Å². The molecule has 3 N–H and O–H groups in total. The van der Waals surface area contributed by atoms with E-state index in [1.165, 1.54) is 5.56 Å². The van der Waals surface area contributed by atoms with Gasteiger partial charge in [0, 0.05) is 0 Å². The highest BCUT2D eigenvalue weighted by atomic mass is 16.5. The second-order valence-electron chi connectivity index (χ2n) is 3.17. The first-order chi connectivity index (χ1) is 5.90. The molecule has 1 aromatic carbocycles. The Morgan fingerprint density at radius 2 is 2.25 bits per heavy atom. The Balaban J connectivity index is 2.23. The Hall–Kier alpha value is -1.02. The zero-order valence-corrected chi connectivity index (χ0v) is 7.12. The van der Waals surface area contributed by atoms with Crippen LogP contribution in [-0.2, 0) is 6.42 Å². The van der Waals surface area contributed by atoms with Gasteiger partial charge in [0.1, 0.15) is 18.4 Å². The average Bonchev–Trinajstić information content (AvgIpc) is 2.17. The number of rotatable bonds is 1. The van der Waals surface area contributed by atoms with Crippen molar-refractivity contribution in [1.29, 1.82) is 0 Å². The molecular formula is C10H14NO+. The summed E-state index contributed by atoms with van der Waals surface area (Å²) in [6.45, 7) is 0.869. The van der Waals surface area contributed by atoms with Crippen molar-refractivity contribution in [2.24, 2.45) is 0 Å². The first kappa shape index (κ1) is 7.62. The van der Waals surface area contributed by atoms with Gasteiger partial charge in [-0.15, -0.1) is 0 Å². The topological polar surface area (TPSA) is 36.9 Å². The molecule has 0 aromatic heterocycles. The van der Waals surface area contributed by atoms with E-state index in [4.69, 9.17) is 4.74 Å². The van der Waals surface area contributed by atoms with Crippen LogP contribution in [0.25, 0.3) is 0 Å². The molecule has 12 heavy (non-hydrogen) atoms. The minimum absolute atomic E-state index is 0.333. The van der Waals surface area contributed by atoms with Gasteiger partial charge in [-0.3, -0.25) is 0 Å². The largest absolute Gasteiger partial charge is 0.484 e. The fourth-order valence-corrected chi connectivity index (χ4v) is 1.58. The van der Waals surface area contributed by atoms with Crippen molar-refractivity contribution in [3.05, 3.63) is 29.8 Å². The summed E-state index contributed by atoms with van der Waals surface area (Å²) < 4.78 is 5.72. The standard InChI is InChI=1S/C10H13NO/c11-7-9-6-5-8-3-1-2-4-10(8)12-9/h1-4,9H,5-7,11H2/p+1. The normalized spacial score (nSPS) is 21.2. The molecule has 0 fully saturated rings. The van der Waals surface area contributed by atoms with E-state index in [0.29, 0.717) is 6.10 Å². The lowest BCUT2D eigenvalue weighted by molar-refractivity contribution is -0.382. The first-order valence-corrected chi connectivity index (χ1v) is 4.44. The van der Waals surface area contributed by atoms with Crippen molar-refractivity contribution < 1.29 is 10.5 Å². The number of aryl methyl sites for hydroxylation is 1. The maximum Gasteiger partial charge on any atom is 0.147 e. The summed E-state index contributed by atoms with van der Waals surface area (Å²) >= 11 is 0. The molecule has 0 amide bonds. The van der Waals surface area contributed by atoms with Crippen LogP contribution in [-0.4, -0.2) is 12.6 Å². The predicted molar refractivity (Wildman–Crippen MR) is 46.9 cm³/mol. The number of fused-ring (bicyclic) bond motifs is 1. The molecule has 0 saturated heterocycles. The smallest absolute Gasteiger partial charge is 0.147 e. The van der Waals surface area contributed by atoms with Crippen LogP contribution in [0.15, 0.2) is 24.3 Å². The molecule has 0 radical (unpaired) electrons. The first-order valence-electron chi connectivity index (χ1n) is 4.44. The molecule has 2 rings (SSSR count). The van der Waals surface area contributed by atoms with Crippen LogP contribution in [0.4, 0.5) is 0 Å². The van der Waals surface area contributed by atoms with Gasteiger partial charge < -0.3 is 10.5 Å². The molecule has 0 saturated carbocycles. The molecular weight excluding hydrogens is 150 g/mol. The molecule has 1 atom stereocenters. The van der Waals surface area contributed by atoms with Gasteiger partial charge in [-0.05, 0) is 24.5 Å². The van der Waals surface area contributed by atoms with Crippen molar-refractivity contribution >= 4 is 0 Å². The van der Waals surface area contributed by atoms with Crippen LogP contribution >= 0.6 is 0 Å². The van der Waals surface area contributed by atoms with Crippen molar-refractivity contribution in [3.8, 4) is 5.75 Å². The lowest BCUT2D eigenvalue weighted by atomic mass is 10.0. The maximum atomic E-state index is 5.72. The zero-order chi connectivity index (χ0) is 8.39. The summed E-state index contributed by atoms with van der Waals surface area (Å²) in [5, 5.41) is 0. The highest BCUT2D eigenvalue weighted by Gasteiger charge is 2.18. The van der Waals surface area contributed by atoms with E-state index in [-0.39, 0.29) is 0 Å². The Morgan fingerprint density at radius 1 is 1.42 bits per heavy atom. The molecule has 64 valence electrons. The third-order valence-corrected chi connectivity index (χ3v) is 2.32. The van der Waals surface area contributed by atoms with E-state index in [1.54, 1.807) is 0 Å². The summed E-state index contributed by atoms with van der Waals surface area (Å²) in [6, 6.07) is 8.25. The Bertz CT molecular complexity index is 272. The highest BCUT2D eigenvalue weighted by Crippen LogP contribution is 2.26. The van der Waals surface area contributed by atoms with Crippen LogP contribution in [0.2, 0.25) is 0 Å². The van der Waals surface area contributed by atoms with Crippen LogP contribution in [0, 0.1) is 0 Å². The van der Waals surface area contributed by atoms with Gasteiger partial charge in [0.15, 0.2) is 0 Å². The van der Waals surface area contributed by atoms with Crippen molar-refractivity contribution in [2.75, 3.05) is 6.54 Å². The maximum absolute atomic E-state index is 5.72. The fraction of sp³-hybridized carbons (Fsp3) is 0.400. The van der Waals surface area contributed by atoms with Gasteiger partial charge in [0.2, 0.25) is 0 Å². The molecule has 2 heteroatoms. The second-order valence-corrected chi connectivity index (χ2v) is 3.17. The van der Waals surface area contributed by atoms with E-state index in [0.717, 1.165) is 25.1 Å². The molecule has 1 aliphatic heterocycles. The van der Waals surface area contributed by atoms with Crippen LogP contribution in [0.3, 0.4) is 0 Å². The summed E-state index contributed by atoms with van der Waals surface area (Å²) in [5.74, 6) is 1.05. The third kappa shape index (κ3) is 1.30. The van der Waals surface area contributed by atoms with E-state index in [9.17, 15) is 0 Å². The number of para-hydroxylation sites is 1. The van der Waals surface area contributed by atoms with Crippen molar-refractivity contribution in [2.45, 2.75) is 18.9 Å². The van der Waals surface area contributed by atoms with Crippen LogP contribution < -0.4 is 10.5 Å². The lowest BCUT2D eigenvalue weighted by Crippen LogP contribution is -2.57. The fourth-order valence-electron chi connectivity index (χ4n) is 1.58. The SMILES string of the molecule is [NH3+]CC1CCc2ccccc2O1. The molecule has 1 heterocycles. The minimum Gasteiger partial charge on any atom is -0.484 e. The van der Waals surface area contributed by atoms with Crippen LogP contribution in [0.5, 0.6) is 5.75 Å². The minimum atomic E-state index is 0.333. The number of hydrogen-bond acceptors (Lipinski definition) is 1. The lowest BCUT2D eigenvalue weighted by Gasteiger charge is -2.23. The number of benzene rings is 1. The summed E-state index contributed by atoms with van der Waals surface area (Å²) in [4.78, 5) is 0.